The molecule has 0 saturated heterocycles. The molecule has 0 unspecified atom stereocenters. The van der Waals surface area contributed by atoms with E-state index in [9.17, 15) is 14.4 Å². The Morgan fingerprint density at radius 2 is 1.30 bits per heavy atom. The summed E-state index contributed by atoms with van der Waals surface area (Å²) in [5, 5.41) is 9.85. The van der Waals surface area contributed by atoms with Gasteiger partial charge in [-0.05, 0) is 114 Å². The first-order chi connectivity index (χ1) is 28.9. The molecule has 2 aromatic heterocycles. The summed E-state index contributed by atoms with van der Waals surface area (Å²) in [7, 11) is 0. The summed E-state index contributed by atoms with van der Waals surface area (Å²) < 4.78 is 10.7. The number of aliphatic carboxylic acids is 1. The van der Waals surface area contributed by atoms with Crippen molar-refractivity contribution in [1.29, 1.82) is 0 Å². The molecule has 6 aromatic rings. The number of benzene rings is 4. The van der Waals surface area contributed by atoms with Crippen LogP contribution in [0, 0.1) is 5.41 Å². The highest BCUT2D eigenvalue weighted by atomic mass is 35.5. The van der Waals surface area contributed by atoms with Crippen LogP contribution in [0.15, 0.2) is 91.0 Å². The number of esters is 1. The van der Waals surface area contributed by atoms with Gasteiger partial charge in [0.1, 0.15) is 28.8 Å². The van der Waals surface area contributed by atoms with Gasteiger partial charge in [0.25, 0.3) is 0 Å². The van der Waals surface area contributed by atoms with Crippen molar-refractivity contribution >= 4 is 74.4 Å². The predicted octanol–water partition coefficient (Wildman–Crippen LogP) is 9.27. The van der Waals surface area contributed by atoms with E-state index < -0.39 is 23.0 Å². The Balaban J connectivity index is 0.000000150. The van der Waals surface area contributed by atoms with Crippen molar-refractivity contribution in [2.75, 3.05) is 18.1 Å². The van der Waals surface area contributed by atoms with Crippen LogP contribution in [0.4, 0.5) is 11.4 Å². The fourth-order valence-electron chi connectivity index (χ4n) is 6.53. The highest BCUT2D eigenvalue weighted by molar-refractivity contribution is 6.35. The number of carboxylic acid groups (broad SMARTS) is 1. The Labute approximate surface area is 364 Å². The number of aromatic nitrogens is 4. The van der Waals surface area contributed by atoms with E-state index in [-0.39, 0.29) is 23.2 Å². The van der Waals surface area contributed by atoms with Crippen molar-refractivity contribution in [2.45, 2.75) is 95.1 Å². The van der Waals surface area contributed by atoms with Gasteiger partial charge in [-0.15, -0.1) is 0 Å². The smallest absolute Gasteiger partial charge is 0.310 e. The number of ether oxygens (including phenoxy) is 2. The lowest BCUT2D eigenvalue weighted by Crippen LogP contribution is -2.27. The first-order valence-corrected chi connectivity index (χ1v) is 21.0. The molecule has 0 aliphatic heterocycles. The summed E-state index contributed by atoms with van der Waals surface area (Å²) >= 11 is 11.9. The average Bonchev–Trinajstić information content (AvgIpc) is 4.17. The Morgan fingerprint density at radius 3 is 1.77 bits per heavy atom. The van der Waals surface area contributed by atoms with Gasteiger partial charge in [-0.3, -0.25) is 14.4 Å². The molecule has 9 rings (SSSR count). The van der Waals surface area contributed by atoms with Crippen molar-refractivity contribution in [1.82, 2.24) is 19.9 Å². The number of hydrogen-bond donors (Lipinski definition) is 6. The second-order valence-corrected chi connectivity index (χ2v) is 17.9. The average molecular weight is 871 g/mol. The largest absolute Gasteiger partial charge is 0.492 e. The molecule has 2 heterocycles. The summed E-state index contributed by atoms with van der Waals surface area (Å²) in [6.07, 6.45) is 6.08. The van der Waals surface area contributed by atoms with E-state index in [1.165, 1.54) is 0 Å². The van der Waals surface area contributed by atoms with Gasteiger partial charge in [-0.2, -0.15) is 0 Å². The molecule has 322 valence electrons. The van der Waals surface area contributed by atoms with Crippen molar-refractivity contribution in [3.63, 3.8) is 0 Å². The number of nitrogens with two attached hydrogens (primary N) is 3. The van der Waals surface area contributed by atoms with Crippen molar-refractivity contribution in [3.8, 4) is 5.75 Å². The Bertz CT molecular complexity index is 2410. The zero-order chi connectivity index (χ0) is 44.0. The molecule has 9 N–H and O–H groups in total. The van der Waals surface area contributed by atoms with Gasteiger partial charge in [0.15, 0.2) is 0 Å². The van der Waals surface area contributed by atoms with Gasteiger partial charge in [-0.1, -0.05) is 59.6 Å². The molecule has 3 aliphatic carbocycles. The number of para-hydroxylation sites is 6. The lowest BCUT2D eigenvalue weighted by Gasteiger charge is -2.20. The number of anilines is 2. The Kier molecular flexibility index (Phi) is 13.7. The lowest BCUT2D eigenvalue weighted by atomic mass is 9.97. The number of nitrogen functional groups attached to an aromatic ring is 2. The molecule has 0 atom stereocenters. The number of Topliss-reactive ketones (excluding diaryl/α,β-unsaturated/α-hetero) is 1. The van der Waals surface area contributed by atoms with Crippen molar-refractivity contribution in [3.05, 3.63) is 113 Å². The number of carbonyl (C=O) groups excluding carboxylic acids is 2. The highest BCUT2D eigenvalue weighted by Crippen LogP contribution is 2.51. The molecule has 61 heavy (non-hydrogen) atoms. The molecule has 0 spiro atoms. The number of nitrogens with one attached hydrogen (secondary N) is 2. The standard InChI is InChI=1S/C20H18Cl2N2O2.C10H11N3.C10H16O4.C6H8N2/c21-13-5-6-18(15(22)11-13)26-10-7-14(25)12-20(8-9-20)19-23-16-3-1-2-4-17(16)24-19;11-10(5-6-10)9-12-7-3-1-2-4-8(7)13-9;1-9(2,3)14-7(11)6-10(4-5-10)8(12)13;7-5-3-1-2-4-6(5)8/h1-6,11H,7-10,12H2,(H,23,24);1-4H,5-6,11H2,(H,12,13);4-6H2,1-3H3,(H,12,13);1-4H,7-8H2. The molecular formula is C46H53Cl2N7O6. The summed E-state index contributed by atoms with van der Waals surface area (Å²) in [6.45, 7) is 5.61. The number of nitrogens with zero attached hydrogens (tertiary/aromatic N) is 2. The van der Waals surface area contributed by atoms with Crippen LogP contribution in [0.2, 0.25) is 10.0 Å². The minimum atomic E-state index is -0.886. The zero-order valence-corrected chi connectivity index (χ0v) is 36.1. The van der Waals surface area contributed by atoms with Crippen LogP contribution < -0.4 is 21.9 Å². The number of fused-ring (bicyclic) bond motifs is 2. The van der Waals surface area contributed by atoms with Crippen molar-refractivity contribution < 1.29 is 29.0 Å². The maximum Gasteiger partial charge on any atom is 0.310 e. The van der Waals surface area contributed by atoms with E-state index in [0.717, 1.165) is 59.4 Å². The summed E-state index contributed by atoms with van der Waals surface area (Å²) in [4.78, 5) is 50.3. The van der Waals surface area contributed by atoms with Gasteiger partial charge >= 0.3 is 11.9 Å². The third kappa shape index (κ3) is 12.2. The molecule has 0 radical (unpaired) electrons. The fraction of sp³-hybridized carbons (Fsp3) is 0.370. The number of H-pyrrole nitrogens is 2. The molecule has 3 fully saturated rings. The van der Waals surface area contributed by atoms with E-state index >= 15 is 0 Å². The van der Waals surface area contributed by atoms with Crippen LogP contribution in [0.3, 0.4) is 0 Å². The first kappa shape index (κ1) is 44.9. The minimum absolute atomic E-state index is 0.000394. The third-order valence-corrected chi connectivity index (χ3v) is 11.2. The van der Waals surface area contributed by atoms with Gasteiger partial charge in [0.05, 0.1) is 62.4 Å². The topological polar surface area (TPSA) is 225 Å². The van der Waals surface area contributed by atoms with E-state index in [4.69, 9.17) is 55.0 Å². The number of hydrogen-bond acceptors (Lipinski definition) is 10. The van der Waals surface area contributed by atoms with Gasteiger partial charge in [0, 0.05) is 23.3 Å². The maximum absolute atomic E-state index is 12.4. The number of ketones is 1. The lowest BCUT2D eigenvalue weighted by molar-refractivity contribution is -0.160. The molecule has 13 nitrogen and oxygen atoms in total. The quantitative estimate of drug-likeness (QED) is 0.0531. The zero-order valence-electron chi connectivity index (χ0n) is 34.6. The normalized spacial score (nSPS) is 16.0. The first-order valence-electron chi connectivity index (χ1n) is 20.2. The minimum Gasteiger partial charge on any atom is -0.492 e. The Hall–Kier alpha value is -5.63. The number of aromatic amines is 2. The number of carboxylic acids is 1. The highest BCUT2D eigenvalue weighted by Gasteiger charge is 2.52. The molecule has 3 aliphatic rings. The van der Waals surface area contributed by atoms with Crippen LogP contribution in [0.5, 0.6) is 5.75 Å². The number of rotatable bonds is 11. The molecular weight excluding hydrogens is 817 g/mol. The van der Waals surface area contributed by atoms with Crippen LogP contribution in [0.25, 0.3) is 22.1 Å². The number of carbonyl (C=O) groups is 3. The number of imidazole rings is 2. The Morgan fingerprint density at radius 1 is 0.754 bits per heavy atom. The van der Waals surface area contributed by atoms with Gasteiger partial charge < -0.3 is 41.7 Å². The summed E-state index contributed by atoms with van der Waals surface area (Å²) in [5.41, 5.74) is 20.5. The maximum atomic E-state index is 12.4. The second kappa shape index (κ2) is 18.6. The summed E-state index contributed by atoms with van der Waals surface area (Å²) in [5.74, 6) is 1.28. The third-order valence-electron chi connectivity index (χ3n) is 10.7. The van der Waals surface area contributed by atoms with Crippen LogP contribution in [-0.2, 0) is 30.1 Å². The van der Waals surface area contributed by atoms with Crippen LogP contribution >= 0.6 is 23.2 Å². The predicted molar refractivity (Wildman–Crippen MR) is 239 cm³/mol. The van der Waals surface area contributed by atoms with E-state index in [1.807, 2.05) is 60.7 Å². The van der Waals surface area contributed by atoms with Gasteiger partial charge in [0.2, 0.25) is 0 Å². The van der Waals surface area contributed by atoms with Crippen molar-refractivity contribution in [2.24, 2.45) is 11.1 Å². The molecule has 4 aromatic carbocycles. The van der Waals surface area contributed by atoms with Crippen LogP contribution in [-0.4, -0.2) is 55.0 Å². The monoisotopic (exact) mass is 869 g/mol. The fourth-order valence-corrected chi connectivity index (χ4v) is 6.99. The molecule has 0 amide bonds. The van der Waals surface area contributed by atoms with E-state index in [1.54, 1.807) is 51.1 Å². The molecule has 0 bridgehead atoms. The van der Waals surface area contributed by atoms with E-state index in [2.05, 4.69) is 19.9 Å². The SMILES string of the molecule is CC(C)(C)OC(=O)CC1(C(=O)O)CC1.NC1(c2nc3ccccc3[nH]2)CC1.Nc1ccccc1N.O=C(CCOc1ccc(Cl)cc1Cl)CC1(c2nc3ccccc3[nH]2)CC1. The summed E-state index contributed by atoms with van der Waals surface area (Å²) in [6, 6.07) is 28.3. The van der Waals surface area contributed by atoms with E-state index in [0.29, 0.717) is 59.5 Å². The molecule has 15 heteroatoms. The number of halogens is 2. The second-order valence-electron chi connectivity index (χ2n) is 17.0. The van der Waals surface area contributed by atoms with Gasteiger partial charge in [-0.25, -0.2) is 9.97 Å². The van der Waals surface area contributed by atoms with Crippen LogP contribution in [0.1, 0.15) is 90.2 Å². The molecule has 3 saturated carbocycles.